The second-order valence-electron chi connectivity index (χ2n) is 6.89. The molecule has 0 aromatic rings. The van der Waals surface area contributed by atoms with Crippen molar-refractivity contribution < 1.29 is 0 Å². The summed E-state index contributed by atoms with van der Waals surface area (Å²) < 4.78 is 0. The van der Waals surface area contributed by atoms with E-state index in [4.69, 9.17) is 0 Å². The van der Waals surface area contributed by atoms with Crippen LogP contribution in [0.3, 0.4) is 0 Å². The van der Waals surface area contributed by atoms with Crippen LogP contribution in [0.15, 0.2) is 0 Å². The highest BCUT2D eigenvalue weighted by atomic mass is 15.2. The van der Waals surface area contributed by atoms with Crippen molar-refractivity contribution in [2.45, 2.75) is 64.5 Å². The van der Waals surface area contributed by atoms with Gasteiger partial charge in [0.25, 0.3) is 0 Å². The number of nitrogens with zero attached hydrogens (tertiary/aromatic N) is 1. The summed E-state index contributed by atoms with van der Waals surface area (Å²) in [4.78, 5) is 2.87. The summed E-state index contributed by atoms with van der Waals surface area (Å²) in [5.41, 5.74) is 0. The lowest BCUT2D eigenvalue weighted by Crippen LogP contribution is -2.58. The summed E-state index contributed by atoms with van der Waals surface area (Å²) >= 11 is 0. The van der Waals surface area contributed by atoms with Gasteiger partial charge in [0.05, 0.1) is 0 Å². The van der Waals surface area contributed by atoms with Crippen LogP contribution in [-0.4, -0.2) is 36.6 Å². The molecule has 2 heteroatoms. The van der Waals surface area contributed by atoms with Crippen LogP contribution in [0.25, 0.3) is 0 Å². The average Bonchev–Trinajstić information content (AvgIpc) is 3.28. The normalized spacial score (nSPS) is 34.2. The Hall–Kier alpha value is -0.0800. The third-order valence-electron chi connectivity index (χ3n) is 5.49. The number of nitrogens with one attached hydrogen (secondary N) is 1. The Labute approximate surface area is 113 Å². The molecule has 0 aromatic heterocycles. The minimum absolute atomic E-state index is 0.814. The zero-order valence-corrected chi connectivity index (χ0v) is 12.2. The topological polar surface area (TPSA) is 15.3 Å². The first-order valence-electron chi connectivity index (χ1n) is 8.29. The van der Waals surface area contributed by atoms with Crippen molar-refractivity contribution in [3.05, 3.63) is 0 Å². The molecule has 104 valence electrons. The van der Waals surface area contributed by atoms with E-state index in [9.17, 15) is 0 Å². The van der Waals surface area contributed by atoms with Crippen molar-refractivity contribution in [1.29, 1.82) is 0 Å². The zero-order valence-electron chi connectivity index (χ0n) is 12.2. The Morgan fingerprint density at radius 2 is 1.72 bits per heavy atom. The molecule has 3 rings (SSSR count). The minimum Gasteiger partial charge on any atom is -0.311 e. The van der Waals surface area contributed by atoms with Crippen molar-refractivity contribution in [3.63, 3.8) is 0 Å². The second kappa shape index (κ2) is 5.50. The number of rotatable bonds is 6. The van der Waals surface area contributed by atoms with Gasteiger partial charge in [-0.1, -0.05) is 26.7 Å². The quantitative estimate of drug-likeness (QED) is 0.780. The van der Waals surface area contributed by atoms with Crippen molar-refractivity contribution in [2.24, 2.45) is 17.8 Å². The molecule has 2 saturated carbocycles. The van der Waals surface area contributed by atoms with Crippen LogP contribution in [0.1, 0.15) is 52.4 Å². The van der Waals surface area contributed by atoms with Crippen LogP contribution >= 0.6 is 0 Å². The molecule has 1 aliphatic heterocycles. The van der Waals surface area contributed by atoms with Gasteiger partial charge in [-0.2, -0.15) is 0 Å². The molecule has 2 atom stereocenters. The van der Waals surface area contributed by atoms with Gasteiger partial charge >= 0.3 is 0 Å². The Kier molecular flexibility index (Phi) is 3.95. The van der Waals surface area contributed by atoms with Gasteiger partial charge < -0.3 is 5.32 Å². The molecular formula is C16H30N2. The Morgan fingerprint density at radius 1 is 1.06 bits per heavy atom. The fourth-order valence-corrected chi connectivity index (χ4v) is 3.70. The maximum absolute atomic E-state index is 3.85. The average molecular weight is 250 g/mol. The van der Waals surface area contributed by atoms with Crippen LogP contribution in [-0.2, 0) is 0 Å². The lowest BCUT2D eigenvalue weighted by Gasteiger charge is -2.42. The van der Waals surface area contributed by atoms with E-state index < -0.39 is 0 Å². The molecule has 2 aliphatic carbocycles. The van der Waals surface area contributed by atoms with Gasteiger partial charge in [0.15, 0.2) is 0 Å². The Balaban J connectivity index is 1.60. The number of piperazine rings is 1. The third kappa shape index (κ3) is 2.91. The van der Waals surface area contributed by atoms with Crippen LogP contribution in [0.2, 0.25) is 0 Å². The summed E-state index contributed by atoms with van der Waals surface area (Å²) in [6.45, 7) is 8.69. The fourth-order valence-electron chi connectivity index (χ4n) is 3.70. The lowest BCUT2D eigenvalue weighted by molar-refractivity contribution is 0.0881. The van der Waals surface area contributed by atoms with Gasteiger partial charge in [0.2, 0.25) is 0 Å². The smallest absolute Gasteiger partial charge is 0.0249 e. The molecule has 1 saturated heterocycles. The van der Waals surface area contributed by atoms with Gasteiger partial charge in [0.1, 0.15) is 0 Å². The van der Waals surface area contributed by atoms with E-state index in [1.807, 2.05) is 0 Å². The van der Waals surface area contributed by atoms with Crippen molar-refractivity contribution >= 4 is 0 Å². The highest BCUT2D eigenvalue weighted by Crippen LogP contribution is 2.40. The summed E-state index contributed by atoms with van der Waals surface area (Å²) in [7, 11) is 0. The van der Waals surface area contributed by atoms with E-state index in [-0.39, 0.29) is 0 Å². The van der Waals surface area contributed by atoms with Gasteiger partial charge in [0, 0.05) is 31.7 Å². The monoisotopic (exact) mass is 250 g/mol. The maximum atomic E-state index is 3.85. The molecule has 0 radical (unpaired) electrons. The predicted molar refractivity (Wildman–Crippen MR) is 76.7 cm³/mol. The molecule has 3 aliphatic rings. The molecule has 0 bridgehead atoms. The number of hydrogen-bond donors (Lipinski definition) is 1. The van der Waals surface area contributed by atoms with E-state index >= 15 is 0 Å². The van der Waals surface area contributed by atoms with E-state index in [1.165, 1.54) is 58.2 Å². The van der Waals surface area contributed by atoms with E-state index in [1.54, 1.807) is 0 Å². The second-order valence-corrected chi connectivity index (χ2v) is 6.89. The zero-order chi connectivity index (χ0) is 12.5. The maximum Gasteiger partial charge on any atom is 0.0249 e. The molecule has 0 aromatic carbocycles. The summed E-state index contributed by atoms with van der Waals surface area (Å²) in [5, 5.41) is 3.85. The molecule has 18 heavy (non-hydrogen) atoms. The molecule has 0 spiro atoms. The van der Waals surface area contributed by atoms with Gasteiger partial charge in [-0.15, -0.1) is 0 Å². The standard InChI is InChI=1S/C16H30N2/c1-3-12(4-2)10-18-11-15(13-5-6-13)17-9-16(18)14-7-8-14/h12-17H,3-11H2,1-2H3. The van der Waals surface area contributed by atoms with E-state index in [2.05, 4.69) is 24.1 Å². The highest BCUT2D eigenvalue weighted by Gasteiger charge is 2.42. The lowest BCUT2D eigenvalue weighted by atomic mass is 9.97. The number of hydrogen-bond acceptors (Lipinski definition) is 2. The molecule has 2 nitrogen and oxygen atoms in total. The van der Waals surface area contributed by atoms with Gasteiger partial charge in [-0.05, 0) is 43.4 Å². The first-order valence-corrected chi connectivity index (χ1v) is 8.29. The third-order valence-corrected chi connectivity index (χ3v) is 5.49. The van der Waals surface area contributed by atoms with Crippen molar-refractivity contribution in [2.75, 3.05) is 19.6 Å². The molecule has 1 heterocycles. The first-order chi connectivity index (χ1) is 8.81. The van der Waals surface area contributed by atoms with Crippen LogP contribution in [0.5, 0.6) is 0 Å². The Bertz CT molecular complexity index is 264. The van der Waals surface area contributed by atoms with Crippen molar-refractivity contribution in [1.82, 2.24) is 10.2 Å². The summed E-state index contributed by atoms with van der Waals surface area (Å²) in [5.74, 6) is 2.95. The SMILES string of the molecule is CCC(CC)CN1CC(C2CC2)NCC1C1CC1. The summed E-state index contributed by atoms with van der Waals surface area (Å²) in [6.07, 6.45) is 8.63. The van der Waals surface area contributed by atoms with E-state index in [0.29, 0.717) is 0 Å². The fraction of sp³-hybridized carbons (Fsp3) is 1.00. The van der Waals surface area contributed by atoms with Crippen molar-refractivity contribution in [3.8, 4) is 0 Å². The van der Waals surface area contributed by atoms with Gasteiger partial charge in [-0.3, -0.25) is 4.90 Å². The van der Waals surface area contributed by atoms with Crippen LogP contribution < -0.4 is 5.32 Å². The largest absolute Gasteiger partial charge is 0.311 e. The molecule has 2 unspecified atom stereocenters. The van der Waals surface area contributed by atoms with E-state index in [0.717, 1.165) is 29.8 Å². The highest BCUT2D eigenvalue weighted by molar-refractivity contribution is 4.99. The Morgan fingerprint density at radius 3 is 2.28 bits per heavy atom. The first kappa shape index (κ1) is 12.9. The molecule has 1 N–H and O–H groups in total. The molecule has 3 fully saturated rings. The van der Waals surface area contributed by atoms with Crippen LogP contribution in [0, 0.1) is 17.8 Å². The molecular weight excluding hydrogens is 220 g/mol. The predicted octanol–water partition coefficient (Wildman–Crippen LogP) is 2.89. The van der Waals surface area contributed by atoms with Crippen LogP contribution in [0.4, 0.5) is 0 Å². The van der Waals surface area contributed by atoms with Gasteiger partial charge in [-0.25, -0.2) is 0 Å². The molecule has 0 amide bonds. The minimum atomic E-state index is 0.814. The summed E-state index contributed by atoms with van der Waals surface area (Å²) in [6, 6.07) is 1.68.